The van der Waals surface area contributed by atoms with E-state index in [1.165, 1.54) is 10.5 Å². The smallest absolute Gasteiger partial charge is 0.237 e. The molecular weight excluding hydrogens is 326 g/mol. The van der Waals surface area contributed by atoms with E-state index in [9.17, 15) is 9.59 Å². The van der Waals surface area contributed by atoms with Gasteiger partial charge in [-0.2, -0.15) is 0 Å². The molecule has 2 fully saturated rings. The Balaban J connectivity index is 1.55. The lowest BCUT2D eigenvalue weighted by molar-refractivity contribution is -0.122. The third-order valence-corrected chi connectivity index (χ3v) is 5.72. The first kappa shape index (κ1) is 16.8. The topological polar surface area (TPSA) is 46.6 Å². The Hall–Kier alpha value is -2.62. The SMILES string of the molecule is Cc1cccc(Oc2ccc(N3C(=O)[C@@H]4CCCC[C@H]4C3=O)cc2)c1C. The first-order valence-corrected chi connectivity index (χ1v) is 9.28. The molecule has 1 saturated carbocycles. The molecule has 1 saturated heterocycles. The highest BCUT2D eigenvalue weighted by Gasteiger charge is 2.48. The molecule has 2 aliphatic rings. The molecule has 1 aliphatic carbocycles. The molecule has 1 heterocycles. The summed E-state index contributed by atoms with van der Waals surface area (Å²) in [5, 5.41) is 0. The second-order valence-electron chi connectivity index (χ2n) is 7.30. The van der Waals surface area contributed by atoms with Crippen molar-refractivity contribution in [2.24, 2.45) is 11.8 Å². The second kappa shape index (κ2) is 6.60. The minimum absolute atomic E-state index is 0.0390. The van der Waals surface area contributed by atoms with Gasteiger partial charge in [-0.3, -0.25) is 14.5 Å². The Morgan fingerprint density at radius 1 is 0.885 bits per heavy atom. The molecule has 1 aliphatic heterocycles. The zero-order valence-electron chi connectivity index (χ0n) is 15.2. The maximum atomic E-state index is 12.7. The summed E-state index contributed by atoms with van der Waals surface area (Å²) >= 11 is 0. The molecule has 0 unspecified atom stereocenters. The van der Waals surface area contributed by atoms with E-state index >= 15 is 0 Å². The maximum absolute atomic E-state index is 12.7. The van der Waals surface area contributed by atoms with Crippen LogP contribution >= 0.6 is 0 Å². The molecular formula is C22H23NO3. The van der Waals surface area contributed by atoms with Crippen LogP contribution in [0.2, 0.25) is 0 Å². The van der Waals surface area contributed by atoms with Gasteiger partial charge in [0, 0.05) is 0 Å². The second-order valence-corrected chi connectivity index (χ2v) is 7.30. The van der Waals surface area contributed by atoms with Crippen LogP contribution in [0.25, 0.3) is 0 Å². The van der Waals surface area contributed by atoms with E-state index in [2.05, 4.69) is 13.0 Å². The number of ether oxygens (including phenoxy) is 1. The maximum Gasteiger partial charge on any atom is 0.237 e. The van der Waals surface area contributed by atoms with Crippen LogP contribution in [0, 0.1) is 25.7 Å². The molecule has 0 bridgehead atoms. The molecule has 0 radical (unpaired) electrons. The third kappa shape index (κ3) is 2.79. The molecule has 26 heavy (non-hydrogen) atoms. The number of carbonyl (C=O) groups excluding carboxylic acids is 2. The summed E-state index contributed by atoms with van der Waals surface area (Å²) in [5.74, 6) is 1.19. The molecule has 2 aromatic carbocycles. The number of carbonyl (C=O) groups is 2. The lowest BCUT2D eigenvalue weighted by atomic mass is 9.81. The van der Waals surface area contributed by atoms with Gasteiger partial charge >= 0.3 is 0 Å². The Kier molecular flexibility index (Phi) is 4.27. The average molecular weight is 349 g/mol. The first-order valence-electron chi connectivity index (χ1n) is 9.28. The van der Waals surface area contributed by atoms with Gasteiger partial charge in [0.25, 0.3) is 0 Å². The fourth-order valence-corrected chi connectivity index (χ4v) is 4.04. The molecule has 4 rings (SSSR count). The van der Waals surface area contributed by atoms with E-state index in [0.717, 1.165) is 37.0 Å². The fourth-order valence-electron chi connectivity index (χ4n) is 4.04. The summed E-state index contributed by atoms with van der Waals surface area (Å²) in [6, 6.07) is 13.2. The third-order valence-electron chi connectivity index (χ3n) is 5.72. The summed E-state index contributed by atoms with van der Waals surface area (Å²) in [5.41, 5.74) is 2.92. The number of rotatable bonds is 3. The van der Waals surface area contributed by atoms with E-state index in [0.29, 0.717) is 11.4 Å². The lowest BCUT2D eigenvalue weighted by Crippen LogP contribution is -2.30. The molecule has 0 aromatic heterocycles. The van der Waals surface area contributed by atoms with Gasteiger partial charge in [-0.25, -0.2) is 0 Å². The minimum Gasteiger partial charge on any atom is -0.457 e. The number of anilines is 1. The largest absolute Gasteiger partial charge is 0.457 e. The number of imide groups is 1. The predicted molar refractivity (Wildman–Crippen MR) is 100 cm³/mol. The predicted octanol–water partition coefficient (Wildman–Crippen LogP) is 4.78. The van der Waals surface area contributed by atoms with Crippen LogP contribution in [0.1, 0.15) is 36.8 Å². The number of nitrogens with zero attached hydrogens (tertiary/aromatic N) is 1. The van der Waals surface area contributed by atoms with Crippen LogP contribution in [0.3, 0.4) is 0 Å². The van der Waals surface area contributed by atoms with Gasteiger partial charge in [0.2, 0.25) is 11.8 Å². The highest BCUT2D eigenvalue weighted by atomic mass is 16.5. The lowest BCUT2D eigenvalue weighted by Gasteiger charge is -2.19. The van der Waals surface area contributed by atoms with Crippen molar-refractivity contribution >= 4 is 17.5 Å². The zero-order valence-corrected chi connectivity index (χ0v) is 15.2. The summed E-state index contributed by atoms with van der Waals surface area (Å²) in [4.78, 5) is 26.7. The van der Waals surface area contributed by atoms with E-state index in [-0.39, 0.29) is 23.7 Å². The standard InChI is InChI=1S/C22H23NO3/c1-14-6-5-9-20(15(14)2)26-17-12-10-16(11-13-17)23-21(24)18-7-3-4-8-19(18)22(23)25/h5-6,9-13,18-19H,3-4,7-8H2,1-2H3/t18-,19-/m1/s1. The molecule has 0 N–H and O–H groups in total. The quantitative estimate of drug-likeness (QED) is 0.750. The van der Waals surface area contributed by atoms with Gasteiger partial charge in [0.1, 0.15) is 11.5 Å². The van der Waals surface area contributed by atoms with Crippen LogP contribution in [0.15, 0.2) is 42.5 Å². The van der Waals surface area contributed by atoms with Crippen LogP contribution in [-0.2, 0) is 9.59 Å². The van der Waals surface area contributed by atoms with Crippen molar-refractivity contribution < 1.29 is 14.3 Å². The van der Waals surface area contributed by atoms with Gasteiger partial charge < -0.3 is 4.74 Å². The number of hydrogen-bond acceptors (Lipinski definition) is 3. The Morgan fingerprint density at radius 3 is 2.12 bits per heavy atom. The number of fused-ring (bicyclic) bond motifs is 1. The number of amides is 2. The Morgan fingerprint density at radius 2 is 1.50 bits per heavy atom. The summed E-state index contributed by atoms with van der Waals surface area (Å²) in [6.45, 7) is 4.08. The van der Waals surface area contributed by atoms with E-state index < -0.39 is 0 Å². The van der Waals surface area contributed by atoms with Crippen molar-refractivity contribution in [1.29, 1.82) is 0 Å². The van der Waals surface area contributed by atoms with E-state index in [4.69, 9.17) is 4.74 Å². The van der Waals surface area contributed by atoms with Crippen molar-refractivity contribution in [3.05, 3.63) is 53.6 Å². The zero-order chi connectivity index (χ0) is 18.3. The highest BCUT2D eigenvalue weighted by molar-refractivity contribution is 6.22. The molecule has 2 amide bonds. The first-order chi connectivity index (χ1) is 12.6. The van der Waals surface area contributed by atoms with Crippen molar-refractivity contribution in [3.63, 3.8) is 0 Å². The van der Waals surface area contributed by atoms with Gasteiger partial charge in [-0.05, 0) is 68.1 Å². The molecule has 2 atom stereocenters. The van der Waals surface area contributed by atoms with Gasteiger partial charge in [0.05, 0.1) is 17.5 Å². The molecule has 134 valence electrons. The van der Waals surface area contributed by atoms with Crippen molar-refractivity contribution in [2.75, 3.05) is 4.90 Å². The number of hydrogen-bond donors (Lipinski definition) is 0. The Labute approximate surface area is 153 Å². The minimum atomic E-state index is -0.123. The Bertz CT molecular complexity index is 832. The van der Waals surface area contributed by atoms with Crippen molar-refractivity contribution in [1.82, 2.24) is 0 Å². The molecule has 2 aromatic rings. The van der Waals surface area contributed by atoms with Crippen LogP contribution in [-0.4, -0.2) is 11.8 Å². The summed E-state index contributed by atoms with van der Waals surface area (Å²) in [7, 11) is 0. The average Bonchev–Trinajstić information content (AvgIpc) is 2.91. The summed E-state index contributed by atoms with van der Waals surface area (Å²) < 4.78 is 5.97. The van der Waals surface area contributed by atoms with Gasteiger partial charge in [-0.15, -0.1) is 0 Å². The monoisotopic (exact) mass is 349 g/mol. The molecule has 4 heteroatoms. The van der Waals surface area contributed by atoms with Gasteiger partial charge in [-0.1, -0.05) is 25.0 Å². The fraction of sp³-hybridized carbons (Fsp3) is 0.364. The van der Waals surface area contributed by atoms with Gasteiger partial charge in [0.15, 0.2) is 0 Å². The molecule has 4 nitrogen and oxygen atoms in total. The number of benzene rings is 2. The van der Waals surface area contributed by atoms with E-state index in [1.54, 1.807) is 12.1 Å². The number of aryl methyl sites for hydroxylation is 1. The van der Waals surface area contributed by atoms with Crippen LogP contribution < -0.4 is 9.64 Å². The van der Waals surface area contributed by atoms with Crippen LogP contribution in [0.5, 0.6) is 11.5 Å². The highest BCUT2D eigenvalue weighted by Crippen LogP contribution is 2.40. The van der Waals surface area contributed by atoms with Crippen molar-refractivity contribution in [2.45, 2.75) is 39.5 Å². The molecule has 0 spiro atoms. The van der Waals surface area contributed by atoms with E-state index in [1.807, 2.05) is 31.2 Å². The van der Waals surface area contributed by atoms with Crippen molar-refractivity contribution in [3.8, 4) is 11.5 Å². The van der Waals surface area contributed by atoms with Crippen LogP contribution in [0.4, 0.5) is 5.69 Å². The normalized spacial score (nSPS) is 22.5. The summed E-state index contributed by atoms with van der Waals surface area (Å²) in [6.07, 6.45) is 3.74.